The van der Waals surface area contributed by atoms with Crippen LogP contribution in [0.4, 0.5) is 14.6 Å². The number of aromatic nitrogens is 4. The van der Waals surface area contributed by atoms with Gasteiger partial charge >= 0.3 is 0 Å². The molecule has 0 amide bonds. The van der Waals surface area contributed by atoms with E-state index in [9.17, 15) is 8.78 Å². The first-order valence-electron chi connectivity index (χ1n) is 7.06. The fraction of sp³-hybridized carbons (Fsp3) is 0.125. The number of halogens is 2. The number of rotatable bonds is 2. The first-order valence-corrected chi connectivity index (χ1v) is 7.06. The molecule has 23 heavy (non-hydrogen) atoms. The van der Waals surface area contributed by atoms with Crippen LogP contribution in [0.1, 0.15) is 0 Å². The molecule has 0 spiro atoms. The third-order valence-electron chi connectivity index (χ3n) is 3.91. The van der Waals surface area contributed by atoms with Crippen LogP contribution < -0.4 is 5.32 Å². The number of anilines is 1. The summed E-state index contributed by atoms with van der Waals surface area (Å²) in [5.41, 5.74) is 1.53. The lowest BCUT2D eigenvalue weighted by atomic mass is 10.1. The highest BCUT2D eigenvalue weighted by Crippen LogP contribution is 2.31. The molecule has 3 heterocycles. The van der Waals surface area contributed by atoms with Gasteiger partial charge in [-0.25, -0.2) is 18.7 Å². The third kappa shape index (κ3) is 1.97. The SMILES string of the molecule is CNc1nc(-c2c[nH]c3c(F)cc(F)cc23)nc2c1ccn2C. The Bertz CT molecular complexity index is 1050. The van der Waals surface area contributed by atoms with E-state index in [0.717, 1.165) is 17.1 Å². The van der Waals surface area contributed by atoms with E-state index in [1.165, 1.54) is 6.07 Å². The average molecular weight is 313 g/mol. The van der Waals surface area contributed by atoms with Crippen molar-refractivity contribution in [3.05, 3.63) is 42.2 Å². The number of fused-ring (bicyclic) bond motifs is 2. The molecule has 7 heteroatoms. The van der Waals surface area contributed by atoms with Crippen molar-refractivity contribution in [2.45, 2.75) is 0 Å². The molecule has 116 valence electrons. The lowest BCUT2D eigenvalue weighted by Gasteiger charge is -2.06. The number of hydrogen-bond acceptors (Lipinski definition) is 3. The standard InChI is InChI=1S/C16H13F2N5/c1-19-14-9-3-4-23(2)16(9)22-15(21-14)11-7-20-13-10(11)5-8(17)6-12(13)18/h3-7,20H,1-2H3,(H,19,21,22). The molecule has 0 aliphatic rings. The number of hydrogen-bond donors (Lipinski definition) is 2. The maximum atomic E-state index is 13.9. The molecule has 3 aromatic heterocycles. The Labute approximate surface area is 130 Å². The highest BCUT2D eigenvalue weighted by atomic mass is 19.1. The fourth-order valence-electron chi connectivity index (χ4n) is 2.79. The highest BCUT2D eigenvalue weighted by Gasteiger charge is 2.16. The van der Waals surface area contributed by atoms with E-state index in [1.807, 2.05) is 23.9 Å². The predicted octanol–water partition coefficient (Wildman–Crippen LogP) is 3.44. The Balaban J connectivity index is 2.04. The lowest BCUT2D eigenvalue weighted by Crippen LogP contribution is -1.99. The van der Waals surface area contributed by atoms with E-state index in [2.05, 4.69) is 20.3 Å². The van der Waals surface area contributed by atoms with E-state index in [4.69, 9.17) is 0 Å². The Morgan fingerprint density at radius 2 is 2.00 bits per heavy atom. The molecule has 0 aliphatic carbocycles. The molecule has 0 saturated heterocycles. The molecule has 0 aliphatic heterocycles. The quantitative estimate of drug-likeness (QED) is 0.596. The molecule has 2 N–H and O–H groups in total. The Morgan fingerprint density at radius 3 is 2.78 bits per heavy atom. The second-order valence-corrected chi connectivity index (χ2v) is 5.32. The van der Waals surface area contributed by atoms with E-state index >= 15 is 0 Å². The molecule has 5 nitrogen and oxygen atoms in total. The van der Waals surface area contributed by atoms with Gasteiger partial charge in [0.25, 0.3) is 0 Å². The van der Waals surface area contributed by atoms with E-state index in [-0.39, 0.29) is 5.52 Å². The smallest absolute Gasteiger partial charge is 0.166 e. The topological polar surface area (TPSA) is 58.5 Å². The zero-order valence-electron chi connectivity index (χ0n) is 12.5. The predicted molar refractivity (Wildman–Crippen MR) is 85.3 cm³/mol. The lowest BCUT2D eigenvalue weighted by molar-refractivity contribution is 0.591. The van der Waals surface area contributed by atoms with Gasteiger partial charge in [-0.15, -0.1) is 0 Å². The van der Waals surface area contributed by atoms with Crippen molar-refractivity contribution in [1.82, 2.24) is 19.5 Å². The summed E-state index contributed by atoms with van der Waals surface area (Å²) < 4.78 is 29.3. The molecule has 0 fully saturated rings. The van der Waals surface area contributed by atoms with Gasteiger partial charge in [-0.05, 0) is 12.1 Å². The van der Waals surface area contributed by atoms with Crippen molar-refractivity contribution in [3.63, 3.8) is 0 Å². The Hall–Kier alpha value is -2.96. The summed E-state index contributed by atoms with van der Waals surface area (Å²) in [6, 6.07) is 4.05. The zero-order chi connectivity index (χ0) is 16.1. The largest absolute Gasteiger partial charge is 0.372 e. The second kappa shape index (κ2) is 4.77. The van der Waals surface area contributed by atoms with Gasteiger partial charge in [-0.1, -0.05) is 0 Å². The van der Waals surface area contributed by atoms with Crippen LogP contribution >= 0.6 is 0 Å². The maximum Gasteiger partial charge on any atom is 0.166 e. The van der Waals surface area contributed by atoms with Gasteiger partial charge in [-0.2, -0.15) is 0 Å². The van der Waals surface area contributed by atoms with Gasteiger partial charge in [0, 0.05) is 43.5 Å². The van der Waals surface area contributed by atoms with Gasteiger partial charge in [0.05, 0.1) is 10.9 Å². The number of benzene rings is 1. The summed E-state index contributed by atoms with van der Waals surface area (Å²) in [5.74, 6) is -0.207. The monoisotopic (exact) mass is 313 g/mol. The van der Waals surface area contributed by atoms with Crippen molar-refractivity contribution in [1.29, 1.82) is 0 Å². The maximum absolute atomic E-state index is 13.9. The molecule has 4 rings (SSSR count). The van der Waals surface area contributed by atoms with Gasteiger partial charge in [0.2, 0.25) is 0 Å². The summed E-state index contributed by atoms with van der Waals surface area (Å²) in [4.78, 5) is 11.9. The van der Waals surface area contributed by atoms with Crippen molar-refractivity contribution in [2.24, 2.45) is 7.05 Å². The summed E-state index contributed by atoms with van der Waals surface area (Å²) in [6.45, 7) is 0. The Kier molecular flexibility index (Phi) is 2.84. The van der Waals surface area contributed by atoms with Crippen LogP contribution in [0.15, 0.2) is 30.6 Å². The third-order valence-corrected chi connectivity index (χ3v) is 3.91. The average Bonchev–Trinajstić information content (AvgIpc) is 3.11. The molecule has 4 aromatic rings. The minimum atomic E-state index is -0.639. The van der Waals surface area contributed by atoms with Gasteiger partial charge in [0.15, 0.2) is 5.82 Å². The summed E-state index contributed by atoms with van der Waals surface area (Å²) in [7, 11) is 3.65. The molecule has 0 bridgehead atoms. The van der Waals surface area contributed by atoms with E-state index < -0.39 is 11.6 Å². The van der Waals surface area contributed by atoms with Crippen LogP contribution in [0.25, 0.3) is 33.3 Å². The van der Waals surface area contributed by atoms with Crippen LogP contribution in [0, 0.1) is 11.6 Å². The normalized spacial score (nSPS) is 11.5. The molecule has 0 radical (unpaired) electrons. The van der Waals surface area contributed by atoms with Crippen molar-refractivity contribution >= 4 is 27.8 Å². The van der Waals surface area contributed by atoms with Crippen molar-refractivity contribution in [2.75, 3.05) is 12.4 Å². The molecule has 1 aromatic carbocycles. The first kappa shape index (κ1) is 13.7. The van der Waals surface area contributed by atoms with Crippen LogP contribution in [0.3, 0.4) is 0 Å². The number of aromatic amines is 1. The first-order chi connectivity index (χ1) is 11.1. The van der Waals surface area contributed by atoms with Crippen molar-refractivity contribution < 1.29 is 8.78 Å². The van der Waals surface area contributed by atoms with Crippen LogP contribution in [-0.2, 0) is 7.05 Å². The molecule has 0 unspecified atom stereocenters. The minimum Gasteiger partial charge on any atom is -0.372 e. The fourth-order valence-corrected chi connectivity index (χ4v) is 2.79. The Morgan fingerprint density at radius 1 is 1.17 bits per heavy atom. The van der Waals surface area contributed by atoms with Gasteiger partial charge in [0.1, 0.15) is 23.1 Å². The molecule has 0 atom stereocenters. The van der Waals surface area contributed by atoms with E-state index in [1.54, 1.807) is 13.2 Å². The van der Waals surface area contributed by atoms with Crippen molar-refractivity contribution in [3.8, 4) is 11.4 Å². The second-order valence-electron chi connectivity index (χ2n) is 5.32. The van der Waals surface area contributed by atoms with Gasteiger partial charge < -0.3 is 14.9 Å². The zero-order valence-corrected chi connectivity index (χ0v) is 12.5. The molecular weight excluding hydrogens is 300 g/mol. The summed E-state index contributed by atoms with van der Waals surface area (Å²) in [5, 5.41) is 4.33. The summed E-state index contributed by atoms with van der Waals surface area (Å²) >= 11 is 0. The minimum absolute atomic E-state index is 0.239. The molecular formula is C16H13F2N5. The van der Waals surface area contributed by atoms with E-state index in [0.29, 0.717) is 22.6 Å². The van der Waals surface area contributed by atoms with Gasteiger partial charge in [-0.3, -0.25) is 0 Å². The summed E-state index contributed by atoms with van der Waals surface area (Å²) in [6.07, 6.45) is 3.48. The number of nitrogens with zero attached hydrogens (tertiary/aromatic N) is 3. The number of H-pyrrole nitrogens is 1. The number of aryl methyl sites for hydroxylation is 1. The number of nitrogens with one attached hydrogen (secondary N) is 2. The highest BCUT2D eigenvalue weighted by molar-refractivity contribution is 5.96. The molecule has 0 saturated carbocycles. The van der Waals surface area contributed by atoms with Crippen LogP contribution in [-0.4, -0.2) is 26.6 Å². The van der Waals surface area contributed by atoms with Crippen LogP contribution in [0.2, 0.25) is 0 Å². The van der Waals surface area contributed by atoms with Crippen LogP contribution in [0.5, 0.6) is 0 Å².